The highest BCUT2D eigenvalue weighted by atomic mass is 32.1. The van der Waals surface area contributed by atoms with Crippen molar-refractivity contribution in [1.82, 2.24) is 4.90 Å². The molecule has 0 spiro atoms. The molecule has 0 heterocycles. The molecule has 0 aliphatic carbocycles. The summed E-state index contributed by atoms with van der Waals surface area (Å²) in [5.41, 5.74) is 0. The van der Waals surface area contributed by atoms with E-state index in [0.717, 1.165) is 6.54 Å². The van der Waals surface area contributed by atoms with Crippen LogP contribution in [0.25, 0.3) is 0 Å². The van der Waals surface area contributed by atoms with Gasteiger partial charge in [-0.1, -0.05) is 0 Å². The molecule has 0 aliphatic heterocycles. The summed E-state index contributed by atoms with van der Waals surface area (Å²) < 4.78 is 0.142. The molecule has 2 heteroatoms. The molecule has 0 saturated carbocycles. The molecule has 0 saturated heterocycles. The molecule has 0 amide bonds. The highest BCUT2D eigenvalue weighted by Gasteiger charge is 2.10. The molecule has 0 fully saturated rings. The van der Waals surface area contributed by atoms with Crippen LogP contribution in [0.15, 0.2) is 0 Å². The molecule has 0 atom stereocenters. The first kappa shape index (κ1) is 8.31. The first-order chi connectivity index (χ1) is 3.42. The molecular weight excluding hydrogens is 118 g/mol. The van der Waals surface area contributed by atoms with Gasteiger partial charge in [0.2, 0.25) is 0 Å². The molecule has 0 radical (unpaired) electrons. The Bertz CT molecular complexity index is 63.4. The van der Waals surface area contributed by atoms with E-state index < -0.39 is 0 Å². The number of thiol groups is 1. The first-order valence-electron chi connectivity index (χ1n) is 2.79. The fourth-order valence-corrected chi connectivity index (χ4v) is 1.06. The maximum atomic E-state index is 4.35. The van der Waals surface area contributed by atoms with Crippen LogP contribution in [-0.4, -0.2) is 30.3 Å². The molecule has 0 N–H and O–H groups in total. The molecule has 0 bridgehead atoms. The second-order valence-electron chi connectivity index (χ2n) is 3.05. The summed E-state index contributed by atoms with van der Waals surface area (Å²) in [5.74, 6) is 0. The van der Waals surface area contributed by atoms with Crippen LogP contribution in [0.3, 0.4) is 0 Å². The van der Waals surface area contributed by atoms with E-state index in [9.17, 15) is 0 Å². The monoisotopic (exact) mass is 133 g/mol. The van der Waals surface area contributed by atoms with Gasteiger partial charge in [0.1, 0.15) is 0 Å². The van der Waals surface area contributed by atoms with Gasteiger partial charge >= 0.3 is 0 Å². The zero-order valence-corrected chi connectivity index (χ0v) is 7.00. The fraction of sp³-hybridized carbons (Fsp3) is 1.00. The lowest BCUT2D eigenvalue weighted by atomic mass is 10.2. The molecule has 1 nitrogen and oxygen atoms in total. The summed E-state index contributed by atoms with van der Waals surface area (Å²) in [4.78, 5) is 2.13. The lowest BCUT2D eigenvalue weighted by Crippen LogP contribution is -2.28. The van der Waals surface area contributed by atoms with Gasteiger partial charge in [-0.25, -0.2) is 0 Å². The van der Waals surface area contributed by atoms with Gasteiger partial charge in [0.05, 0.1) is 0 Å². The molecular formula is C6H15NS. The van der Waals surface area contributed by atoms with Crippen molar-refractivity contribution in [2.45, 2.75) is 18.6 Å². The van der Waals surface area contributed by atoms with Gasteiger partial charge in [-0.15, -0.1) is 0 Å². The van der Waals surface area contributed by atoms with Crippen LogP contribution in [0.2, 0.25) is 0 Å². The van der Waals surface area contributed by atoms with Crippen LogP contribution >= 0.6 is 12.6 Å². The number of rotatable bonds is 2. The highest BCUT2D eigenvalue weighted by molar-refractivity contribution is 7.81. The largest absolute Gasteiger partial charge is 0.308 e. The third-order valence-corrected chi connectivity index (χ3v) is 0.845. The Morgan fingerprint density at radius 1 is 1.38 bits per heavy atom. The van der Waals surface area contributed by atoms with E-state index in [1.54, 1.807) is 0 Å². The van der Waals surface area contributed by atoms with E-state index in [1.807, 2.05) is 0 Å². The van der Waals surface area contributed by atoms with Crippen LogP contribution in [0.4, 0.5) is 0 Å². The van der Waals surface area contributed by atoms with Crippen molar-refractivity contribution in [3.8, 4) is 0 Å². The average Bonchev–Trinajstić information content (AvgIpc) is 1.21. The third kappa shape index (κ3) is 6.31. The molecule has 0 aromatic heterocycles. The Kier molecular flexibility index (Phi) is 2.84. The summed E-state index contributed by atoms with van der Waals surface area (Å²) in [7, 11) is 4.11. The van der Waals surface area contributed by atoms with Gasteiger partial charge in [0.25, 0.3) is 0 Å². The van der Waals surface area contributed by atoms with Gasteiger partial charge in [0.15, 0.2) is 0 Å². The second kappa shape index (κ2) is 2.74. The Labute approximate surface area is 57.5 Å². The summed E-state index contributed by atoms with van der Waals surface area (Å²) in [6.07, 6.45) is 0. The van der Waals surface area contributed by atoms with E-state index in [1.165, 1.54) is 0 Å². The van der Waals surface area contributed by atoms with Crippen molar-refractivity contribution in [2.24, 2.45) is 0 Å². The predicted octanol–water partition coefficient (Wildman–Crippen LogP) is 1.26. The zero-order valence-electron chi connectivity index (χ0n) is 6.10. The van der Waals surface area contributed by atoms with Crippen LogP contribution in [0.5, 0.6) is 0 Å². The van der Waals surface area contributed by atoms with E-state index in [0.29, 0.717) is 0 Å². The van der Waals surface area contributed by atoms with Crippen LogP contribution in [0.1, 0.15) is 13.8 Å². The van der Waals surface area contributed by atoms with Crippen LogP contribution < -0.4 is 0 Å². The van der Waals surface area contributed by atoms with Gasteiger partial charge in [-0.3, -0.25) is 0 Å². The normalized spacial score (nSPS) is 12.8. The molecule has 0 aliphatic rings. The Balaban J connectivity index is 3.39. The van der Waals surface area contributed by atoms with E-state index in [-0.39, 0.29) is 4.75 Å². The maximum Gasteiger partial charge on any atom is 0.0200 e. The summed E-state index contributed by atoms with van der Waals surface area (Å²) in [6.45, 7) is 5.24. The predicted molar refractivity (Wildman–Crippen MR) is 41.6 cm³/mol. The smallest absolute Gasteiger partial charge is 0.0200 e. The summed E-state index contributed by atoms with van der Waals surface area (Å²) in [5, 5.41) is 0. The molecule has 0 aromatic rings. The number of nitrogens with zero attached hydrogens (tertiary/aromatic N) is 1. The van der Waals surface area contributed by atoms with Gasteiger partial charge in [0, 0.05) is 11.3 Å². The maximum absolute atomic E-state index is 4.35. The third-order valence-electron chi connectivity index (χ3n) is 0.703. The van der Waals surface area contributed by atoms with Crippen molar-refractivity contribution in [3.63, 3.8) is 0 Å². The molecule has 0 rings (SSSR count). The standard InChI is InChI=1S/C6H15NS/c1-6(2,8)5-7(3)4/h8H,5H2,1-4H3. The minimum absolute atomic E-state index is 0.142. The Morgan fingerprint density at radius 2 is 1.75 bits per heavy atom. The van der Waals surface area contributed by atoms with Gasteiger partial charge < -0.3 is 4.90 Å². The SMILES string of the molecule is CN(C)CC(C)(C)S. The Hall–Kier alpha value is 0.310. The minimum Gasteiger partial charge on any atom is -0.308 e. The lowest BCUT2D eigenvalue weighted by molar-refractivity contribution is 0.374. The van der Waals surface area contributed by atoms with Crippen molar-refractivity contribution in [1.29, 1.82) is 0 Å². The van der Waals surface area contributed by atoms with Crippen molar-refractivity contribution in [2.75, 3.05) is 20.6 Å². The molecule has 50 valence electrons. The minimum atomic E-state index is 0.142. The zero-order chi connectivity index (χ0) is 6.78. The van der Waals surface area contributed by atoms with E-state index in [2.05, 4.69) is 45.5 Å². The lowest BCUT2D eigenvalue weighted by Gasteiger charge is -2.21. The van der Waals surface area contributed by atoms with Gasteiger partial charge in [-0.2, -0.15) is 12.6 Å². The fourth-order valence-electron chi connectivity index (χ4n) is 0.774. The Morgan fingerprint density at radius 3 is 1.75 bits per heavy atom. The number of hydrogen-bond acceptors (Lipinski definition) is 2. The molecule has 0 unspecified atom stereocenters. The van der Waals surface area contributed by atoms with Gasteiger partial charge in [-0.05, 0) is 27.9 Å². The van der Waals surface area contributed by atoms with Crippen LogP contribution in [-0.2, 0) is 0 Å². The first-order valence-corrected chi connectivity index (χ1v) is 3.24. The quantitative estimate of drug-likeness (QED) is 0.555. The van der Waals surface area contributed by atoms with E-state index >= 15 is 0 Å². The topological polar surface area (TPSA) is 3.24 Å². The van der Waals surface area contributed by atoms with E-state index in [4.69, 9.17) is 0 Å². The number of hydrogen-bond donors (Lipinski definition) is 1. The second-order valence-corrected chi connectivity index (χ2v) is 4.26. The summed E-state index contributed by atoms with van der Waals surface area (Å²) >= 11 is 4.35. The van der Waals surface area contributed by atoms with Crippen molar-refractivity contribution < 1.29 is 0 Å². The van der Waals surface area contributed by atoms with Crippen molar-refractivity contribution >= 4 is 12.6 Å². The molecule has 0 aromatic carbocycles. The van der Waals surface area contributed by atoms with Crippen molar-refractivity contribution in [3.05, 3.63) is 0 Å². The highest BCUT2D eigenvalue weighted by Crippen LogP contribution is 2.11. The summed E-state index contributed by atoms with van der Waals surface area (Å²) in [6, 6.07) is 0. The van der Waals surface area contributed by atoms with Crippen LogP contribution in [0, 0.1) is 0 Å². The average molecular weight is 133 g/mol. The molecule has 8 heavy (non-hydrogen) atoms.